The third-order valence-electron chi connectivity index (χ3n) is 4.16. The summed E-state index contributed by atoms with van der Waals surface area (Å²) in [7, 11) is 1.27. The number of esters is 1. The van der Waals surface area contributed by atoms with E-state index in [0.717, 1.165) is 6.07 Å². The monoisotopic (exact) mass is 314 g/mol. The first-order chi connectivity index (χ1) is 10.4. The van der Waals surface area contributed by atoms with Crippen molar-refractivity contribution in [1.82, 2.24) is 0 Å². The molecule has 0 N–H and O–H groups in total. The average Bonchev–Trinajstić information content (AvgIpc) is 2.78. The van der Waals surface area contributed by atoms with Gasteiger partial charge in [0.15, 0.2) is 17.7 Å². The lowest BCUT2D eigenvalue weighted by Gasteiger charge is -2.22. The van der Waals surface area contributed by atoms with Crippen molar-refractivity contribution in [1.29, 1.82) is 0 Å². The van der Waals surface area contributed by atoms with Crippen LogP contribution < -0.4 is 4.74 Å². The Morgan fingerprint density at radius 1 is 1.32 bits per heavy atom. The second kappa shape index (κ2) is 6.60. The molecule has 0 aliphatic carbocycles. The largest absolute Gasteiger partial charge is 0.493 e. The summed E-state index contributed by atoms with van der Waals surface area (Å²) < 4.78 is 43.1. The number of hydrogen-bond donors (Lipinski definition) is 0. The molecule has 1 saturated heterocycles. The summed E-state index contributed by atoms with van der Waals surface area (Å²) in [6.45, 7) is 5.66. The van der Waals surface area contributed by atoms with Crippen molar-refractivity contribution >= 4 is 5.97 Å². The molecule has 6 heteroatoms. The summed E-state index contributed by atoms with van der Waals surface area (Å²) >= 11 is 0. The van der Waals surface area contributed by atoms with E-state index >= 15 is 0 Å². The van der Waals surface area contributed by atoms with Gasteiger partial charge < -0.3 is 14.2 Å². The zero-order valence-electron chi connectivity index (χ0n) is 13.1. The SMILES string of the molecule is CCOC(=O)[C@H]1O[C@@H](C)[C@@H](C)[C@H]1c1ccc(F)c(F)c1OC. The fourth-order valence-corrected chi connectivity index (χ4v) is 2.90. The number of halogens is 2. The molecule has 22 heavy (non-hydrogen) atoms. The van der Waals surface area contributed by atoms with E-state index < -0.39 is 29.6 Å². The molecule has 0 saturated carbocycles. The lowest BCUT2D eigenvalue weighted by Crippen LogP contribution is -2.29. The van der Waals surface area contributed by atoms with Crippen LogP contribution in [0.1, 0.15) is 32.3 Å². The highest BCUT2D eigenvalue weighted by molar-refractivity contribution is 5.77. The Bertz CT molecular complexity index is 561. The van der Waals surface area contributed by atoms with Gasteiger partial charge in [0.2, 0.25) is 5.82 Å². The molecule has 1 aromatic carbocycles. The first kappa shape index (κ1) is 16.7. The van der Waals surface area contributed by atoms with Gasteiger partial charge in [0.05, 0.1) is 19.8 Å². The molecule has 122 valence electrons. The van der Waals surface area contributed by atoms with E-state index in [1.54, 1.807) is 6.92 Å². The average molecular weight is 314 g/mol. The van der Waals surface area contributed by atoms with Gasteiger partial charge in [-0.3, -0.25) is 0 Å². The molecule has 1 aliphatic heterocycles. The Labute approximate surface area is 128 Å². The maximum atomic E-state index is 14.0. The number of methoxy groups -OCH3 is 1. The van der Waals surface area contributed by atoms with Crippen LogP contribution in [0.5, 0.6) is 5.75 Å². The van der Waals surface area contributed by atoms with Crippen molar-refractivity contribution in [3.8, 4) is 5.75 Å². The van der Waals surface area contributed by atoms with E-state index in [2.05, 4.69) is 0 Å². The normalized spacial score (nSPS) is 27.7. The van der Waals surface area contributed by atoms with Gasteiger partial charge in [-0.1, -0.05) is 13.0 Å². The van der Waals surface area contributed by atoms with E-state index in [1.807, 2.05) is 13.8 Å². The van der Waals surface area contributed by atoms with Crippen molar-refractivity contribution in [2.24, 2.45) is 5.92 Å². The molecular formula is C16H20F2O4. The van der Waals surface area contributed by atoms with E-state index in [4.69, 9.17) is 14.2 Å². The molecule has 1 fully saturated rings. The van der Waals surface area contributed by atoms with Crippen LogP contribution in [0.15, 0.2) is 12.1 Å². The molecule has 0 spiro atoms. The molecule has 0 amide bonds. The summed E-state index contributed by atoms with van der Waals surface area (Å²) in [4.78, 5) is 12.1. The van der Waals surface area contributed by atoms with Gasteiger partial charge in [0.25, 0.3) is 0 Å². The van der Waals surface area contributed by atoms with Crippen molar-refractivity contribution in [3.63, 3.8) is 0 Å². The number of hydrogen-bond acceptors (Lipinski definition) is 4. The van der Waals surface area contributed by atoms with Crippen LogP contribution in [0.2, 0.25) is 0 Å². The number of rotatable bonds is 4. The van der Waals surface area contributed by atoms with Crippen molar-refractivity contribution < 1.29 is 27.8 Å². The fraction of sp³-hybridized carbons (Fsp3) is 0.562. The quantitative estimate of drug-likeness (QED) is 0.801. The van der Waals surface area contributed by atoms with E-state index in [9.17, 15) is 13.6 Å². The van der Waals surface area contributed by atoms with Gasteiger partial charge in [0, 0.05) is 11.5 Å². The lowest BCUT2D eigenvalue weighted by molar-refractivity contribution is -0.156. The van der Waals surface area contributed by atoms with Crippen LogP contribution in [0.25, 0.3) is 0 Å². The smallest absolute Gasteiger partial charge is 0.335 e. The van der Waals surface area contributed by atoms with Crippen LogP contribution in [0.4, 0.5) is 8.78 Å². The minimum absolute atomic E-state index is 0.0758. The van der Waals surface area contributed by atoms with Crippen LogP contribution in [-0.4, -0.2) is 31.9 Å². The molecule has 0 bridgehead atoms. The van der Waals surface area contributed by atoms with Gasteiger partial charge in [-0.05, 0) is 25.8 Å². The van der Waals surface area contributed by atoms with Gasteiger partial charge in [0.1, 0.15) is 0 Å². The molecule has 1 heterocycles. The Morgan fingerprint density at radius 3 is 2.59 bits per heavy atom. The molecule has 0 unspecified atom stereocenters. The highest BCUT2D eigenvalue weighted by atomic mass is 19.2. The van der Waals surface area contributed by atoms with E-state index in [0.29, 0.717) is 5.56 Å². The van der Waals surface area contributed by atoms with Gasteiger partial charge in [-0.15, -0.1) is 0 Å². The minimum atomic E-state index is -1.06. The molecule has 1 aliphatic rings. The maximum absolute atomic E-state index is 14.0. The topological polar surface area (TPSA) is 44.8 Å². The van der Waals surface area contributed by atoms with Gasteiger partial charge in [-0.25, -0.2) is 9.18 Å². The van der Waals surface area contributed by atoms with Crippen LogP contribution in [-0.2, 0) is 14.3 Å². The second-order valence-electron chi connectivity index (χ2n) is 5.38. The van der Waals surface area contributed by atoms with Crippen LogP contribution in [0, 0.1) is 17.6 Å². The first-order valence-corrected chi connectivity index (χ1v) is 7.26. The maximum Gasteiger partial charge on any atom is 0.335 e. The molecule has 0 aromatic heterocycles. The number of carbonyl (C=O) groups excluding carboxylic acids is 1. The fourth-order valence-electron chi connectivity index (χ4n) is 2.90. The minimum Gasteiger partial charge on any atom is -0.493 e. The third kappa shape index (κ3) is 2.79. The molecule has 4 atom stereocenters. The first-order valence-electron chi connectivity index (χ1n) is 7.26. The standard InChI is InChI=1S/C16H20F2O4/c1-5-21-16(19)15-12(8(2)9(3)22-15)10-6-7-11(17)13(18)14(10)20-4/h6-9,12,15H,5H2,1-4H3/t8-,9+,12+,15+/m1/s1. The molecule has 4 nitrogen and oxygen atoms in total. The molecule has 2 rings (SSSR count). The van der Waals surface area contributed by atoms with Gasteiger partial charge >= 0.3 is 5.97 Å². The Morgan fingerprint density at radius 2 is 2.00 bits per heavy atom. The Kier molecular flexibility index (Phi) is 5.01. The van der Waals surface area contributed by atoms with Crippen molar-refractivity contribution in [3.05, 3.63) is 29.3 Å². The lowest BCUT2D eigenvalue weighted by atomic mass is 9.82. The predicted molar refractivity (Wildman–Crippen MR) is 75.8 cm³/mol. The van der Waals surface area contributed by atoms with Crippen molar-refractivity contribution in [2.45, 2.75) is 38.9 Å². The zero-order valence-corrected chi connectivity index (χ0v) is 13.1. The van der Waals surface area contributed by atoms with E-state index in [-0.39, 0.29) is 24.4 Å². The summed E-state index contributed by atoms with van der Waals surface area (Å²) in [5, 5.41) is 0. The molecular weight excluding hydrogens is 294 g/mol. The van der Waals surface area contributed by atoms with Crippen LogP contribution in [0.3, 0.4) is 0 Å². The molecule has 1 aromatic rings. The second-order valence-corrected chi connectivity index (χ2v) is 5.38. The number of benzene rings is 1. The number of carbonyl (C=O) groups is 1. The van der Waals surface area contributed by atoms with E-state index in [1.165, 1.54) is 13.2 Å². The van der Waals surface area contributed by atoms with Crippen molar-refractivity contribution in [2.75, 3.05) is 13.7 Å². The predicted octanol–water partition coefficient (Wildman–Crippen LogP) is 3.04. The summed E-state index contributed by atoms with van der Waals surface area (Å²) in [5.74, 6) is -3.28. The number of ether oxygens (including phenoxy) is 3. The van der Waals surface area contributed by atoms with Crippen LogP contribution >= 0.6 is 0 Å². The Balaban J connectivity index is 2.47. The third-order valence-corrected chi connectivity index (χ3v) is 4.16. The molecule has 0 radical (unpaired) electrons. The Hall–Kier alpha value is -1.69. The summed E-state index contributed by atoms with van der Waals surface area (Å²) in [6.07, 6.45) is -1.07. The highest BCUT2D eigenvalue weighted by Gasteiger charge is 2.46. The zero-order chi connectivity index (χ0) is 16.4. The highest BCUT2D eigenvalue weighted by Crippen LogP contribution is 2.44. The van der Waals surface area contributed by atoms with Gasteiger partial charge in [-0.2, -0.15) is 4.39 Å². The summed E-state index contributed by atoms with van der Waals surface area (Å²) in [6, 6.07) is 2.47. The summed E-state index contributed by atoms with van der Waals surface area (Å²) in [5.41, 5.74) is 0.413.